The molecule has 0 spiro atoms. The fourth-order valence-corrected chi connectivity index (χ4v) is 4.67. The summed E-state index contributed by atoms with van der Waals surface area (Å²) >= 11 is 0. The molecule has 4 nitrogen and oxygen atoms in total. The maximum Gasteiger partial charge on any atom is 0.245 e. The summed E-state index contributed by atoms with van der Waals surface area (Å²) in [5.41, 5.74) is 1.02. The molecule has 1 aliphatic rings. The zero-order chi connectivity index (χ0) is 14.9. The standard InChI is InChI=1S/C15H23NO3S/c1-4-5-13-10-12(3)15(17)16(13)20(18,19)14-8-6-11(2)7-9-14/h6-9,12-13,15,17H,4-5,10H2,1-3H3/t12?,13-,15?/m1/s1. The van der Waals surface area contributed by atoms with E-state index < -0.39 is 16.3 Å². The molecule has 1 aromatic rings. The smallest absolute Gasteiger partial charge is 0.245 e. The lowest BCUT2D eigenvalue weighted by atomic mass is 10.0. The van der Waals surface area contributed by atoms with Crippen molar-refractivity contribution in [1.29, 1.82) is 0 Å². The van der Waals surface area contributed by atoms with Crippen LogP contribution in [0.4, 0.5) is 0 Å². The van der Waals surface area contributed by atoms with Gasteiger partial charge in [-0.2, -0.15) is 4.31 Å². The molecule has 0 radical (unpaired) electrons. The number of benzene rings is 1. The zero-order valence-electron chi connectivity index (χ0n) is 12.3. The Morgan fingerprint density at radius 1 is 1.30 bits per heavy atom. The molecule has 1 saturated heterocycles. The molecule has 0 aliphatic carbocycles. The van der Waals surface area contributed by atoms with Crippen LogP contribution >= 0.6 is 0 Å². The fraction of sp³-hybridized carbons (Fsp3) is 0.600. The predicted octanol–water partition coefficient (Wildman–Crippen LogP) is 2.51. The molecular formula is C15H23NO3S. The summed E-state index contributed by atoms with van der Waals surface area (Å²) in [6, 6.07) is 6.70. The van der Waals surface area contributed by atoms with Gasteiger partial charge in [0.15, 0.2) is 0 Å². The van der Waals surface area contributed by atoms with Crippen LogP contribution in [-0.4, -0.2) is 30.1 Å². The SMILES string of the molecule is CCC[C@@H]1CC(C)C(O)N1S(=O)(=O)c1ccc(C)cc1. The second-order valence-corrected chi connectivity index (χ2v) is 7.56. The van der Waals surface area contributed by atoms with Crippen molar-refractivity contribution >= 4 is 10.0 Å². The zero-order valence-corrected chi connectivity index (χ0v) is 13.1. The van der Waals surface area contributed by atoms with Gasteiger partial charge < -0.3 is 5.11 Å². The summed E-state index contributed by atoms with van der Waals surface area (Å²) in [6.07, 6.45) is 1.49. The first-order valence-corrected chi connectivity index (χ1v) is 8.60. The van der Waals surface area contributed by atoms with Crippen LogP contribution in [0.3, 0.4) is 0 Å². The van der Waals surface area contributed by atoms with Crippen molar-refractivity contribution in [2.24, 2.45) is 5.92 Å². The molecule has 112 valence electrons. The van der Waals surface area contributed by atoms with Gasteiger partial charge in [0, 0.05) is 6.04 Å². The largest absolute Gasteiger partial charge is 0.377 e. The highest BCUT2D eigenvalue weighted by atomic mass is 32.2. The van der Waals surface area contributed by atoms with Gasteiger partial charge in [0.05, 0.1) is 4.90 Å². The minimum atomic E-state index is -3.63. The third-order valence-electron chi connectivity index (χ3n) is 3.99. The van der Waals surface area contributed by atoms with Crippen LogP contribution in [0.25, 0.3) is 0 Å². The van der Waals surface area contributed by atoms with Crippen LogP contribution in [0.1, 0.15) is 38.7 Å². The maximum atomic E-state index is 12.8. The van der Waals surface area contributed by atoms with E-state index in [2.05, 4.69) is 0 Å². The summed E-state index contributed by atoms with van der Waals surface area (Å²) in [7, 11) is -3.63. The highest BCUT2D eigenvalue weighted by Crippen LogP contribution is 2.35. The van der Waals surface area contributed by atoms with Crippen LogP contribution in [0.2, 0.25) is 0 Å². The quantitative estimate of drug-likeness (QED) is 0.929. The van der Waals surface area contributed by atoms with Gasteiger partial charge in [0.1, 0.15) is 6.23 Å². The Bertz CT molecular complexity index is 553. The lowest BCUT2D eigenvalue weighted by Crippen LogP contribution is -2.42. The van der Waals surface area contributed by atoms with Gasteiger partial charge in [0.25, 0.3) is 0 Å². The molecule has 5 heteroatoms. The highest BCUT2D eigenvalue weighted by Gasteiger charge is 2.44. The van der Waals surface area contributed by atoms with Gasteiger partial charge in [-0.15, -0.1) is 0 Å². The minimum absolute atomic E-state index is 0.0215. The van der Waals surface area contributed by atoms with Crippen molar-refractivity contribution in [2.75, 3.05) is 0 Å². The molecule has 1 N–H and O–H groups in total. The molecule has 0 saturated carbocycles. The second kappa shape index (κ2) is 5.84. The Morgan fingerprint density at radius 2 is 1.90 bits per heavy atom. The summed E-state index contributed by atoms with van der Waals surface area (Å²) in [6.45, 7) is 5.85. The number of sulfonamides is 1. The second-order valence-electron chi connectivity index (χ2n) is 5.72. The highest BCUT2D eigenvalue weighted by molar-refractivity contribution is 7.89. The maximum absolute atomic E-state index is 12.8. The van der Waals surface area contributed by atoms with Crippen molar-refractivity contribution in [1.82, 2.24) is 4.31 Å². The van der Waals surface area contributed by atoms with Crippen LogP contribution in [0, 0.1) is 12.8 Å². The first-order valence-electron chi connectivity index (χ1n) is 7.16. The summed E-state index contributed by atoms with van der Waals surface area (Å²) in [5.74, 6) is -0.0215. The summed E-state index contributed by atoms with van der Waals surface area (Å²) in [4.78, 5) is 0.261. The molecule has 1 fully saturated rings. The third kappa shape index (κ3) is 2.75. The minimum Gasteiger partial charge on any atom is -0.377 e. The van der Waals surface area contributed by atoms with E-state index in [0.29, 0.717) is 0 Å². The predicted molar refractivity (Wildman–Crippen MR) is 78.7 cm³/mol. The lowest BCUT2D eigenvalue weighted by Gasteiger charge is -2.27. The van der Waals surface area contributed by atoms with Crippen LogP contribution in [0.15, 0.2) is 29.2 Å². The third-order valence-corrected chi connectivity index (χ3v) is 5.93. The summed E-state index contributed by atoms with van der Waals surface area (Å²) < 4.78 is 26.8. The van der Waals surface area contributed by atoms with Gasteiger partial charge in [-0.05, 0) is 37.8 Å². The van der Waals surface area contributed by atoms with Crippen LogP contribution in [-0.2, 0) is 10.0 Å². The Kier molecular flexibility index (Phi) is 4.52. The molecule has 2 unspecified atom stereocenters. The van der Waals surface area contributed by atoms with Crippen LogP contribution in [0.5, 0.6) is 0 Å². The number of hydrogen-bond acceptors (Lipinski definition) is 3. The number of rotatable bonds is 4. The number of aliphatic hydroxyl groups is 1. The molecule has 0 bridgehead atoms. The van der Waals surface area contributed by atoms with Crippen LogP contribution < -0.4 is 0 Å². The molecule has 1 aliphatic heterocycles. The van der Waals surface area contributed by atoms with E-state index in [4.69, 9.17) is 0 Å². The number of aliphatic hydroxyl groups excluding tert-OH is 1. The molecular weight excluding hydrogens is 274 g/mol. The van der Waals surface area contributed by atoms with Crippen molar-refractivity contribution in [3.63, 3.8) is 0 Å². The Labute approximate surface area is 121 Å². The number of aryl methyl sites for hydroxylation is 1. The normalized spacial score (nSPS) is 27.9. The topological polar surface area (TPSA) is 57.6 Å². The molecule has 0 amide bonds. The van der Waals surface area contributed by atoms with E-state index >= 15 is 0 Å². The first-order chi connectivity index (χ1) is 9.37. The van der Waals surface area contributed by atoms with Gasteiger partial charge in [-0.25, -0.2) is 8.42 Å². The average Bonchev–Trinajstić information content (AvgIpc) is 2.66. The van der Waals surface area contributed by atoms with Gasteiger partial charge in [-0.3, -0.25) is 0 Å². The molecule has 0 aromatic heterocycles. The van der Waals surface area contributed by atoms with E-state index in [1.165, 1.54) is 4.31 Å². The van der Waals surface area contributed by atoms with E-state index in [1.807, 2.05) is 20.8 Å². The molecule has 2 rings (SSSR count). The Balaban J connectivity index is 2.38. The van der Waals surface area contributed by atoms with Gasteiger partial charge in [0.2, 0.25) is 10.0 Å². The van der Waals surface area contributed by atoms with E-state index in [1.54, 1.807) is 24.3 Å². The van der Waals surface area contributed by atoms with Crippen molar-refractivity contribution in [3.05, 3.63) is 29.8 Å². The first kappa shape index (κ1) is 15.5. The lowest BCUT2D eigenvalue weighted by molar-refractivity contribution is 0.0516. The number of nitrogens with zero attached hydrogens (tertiary/aromatic N) is 1. The van der Waals surface area contributed by atoms with E-state index in [0.717, 1.165) is 24.8 Å². The van der Waals surface area contributed by atoms with Crippen molar-refractivity contribution in [3.8, 4) is 0 Å². The van der Waals surface area contributed by atoms with Gasteiger partial charge >= 0.3 is 0 Å². The molecule has 20 heavy (non-hydrogen) atoms. The summed E-state index contributed by atoms with van der Waals surface area (Å²) in [5, 5.41) is 10.3. The van der Waals surface area contributed by atoms with Crippen molar-refractivity contribution in [2.45, 2.75) is 57.2 Å². The van der Waals surface area contributed by atoms with E-state index in [9.17, 15) is 13.5 Å². The fourth-order valence-electron chi connectivity index (χ4n) is 2.87. The number of hydrogen-bond donors (Lipinski definition) is 1. The molecule has 3 atom stereocenters. The average molecular weight is 297 g/mol. The van der Waals surface area contributed by atoms with E-state index in [-0.39, 0.29) is 16.9 Å². The monoisotopic (exact) mass is 297 g/mol. The van der Waals surface area contributed by atoms with Crippen molar-refractivity contribution < 1.29 is 13.5 Å². The van der Waals surface area contributed by atoms with Gasteiger partial charge in [-0.1, -0.05) is 38.0 Å². The molecule has 1 heterocycles. The Hall–Kier alpha value is -0.910. The molecule has 1 aromatic carbocycles. The Morgan fingerprint density at radius 3 is 2.45 bits per heavy atom.